The average Bonchev–Trinajstić information content (AvgIpc) is 3.09. The number of carboxylic acid groups (broad SMARTS) is 1. The van der Waals surface area contributed by atoms with Crippen LogP contribution in [0.15, 0.2) is 30.3 Å². The van der Waals surface area contributed by atoms with Crippen LogP contribution in [-0.4, -0.2) is 70.0 Å². The maximum absolute atomic E-state index is 12.4. The molecule has 1 aromatic heterocycles. The number of hydrogen-bond acceptors (Lipinski definition) is 6. The van der Waals surface area contributed by atoms with E-state index in [-0.39, 0.29) is 30.1 Å². The molecule has 0 unspecified atom stereocenters. The van der Waals surface area contributed by atoms with Gasteiger partial charge in [0.05, 0.1) is 11.2 Å². The molecule has 4 amide bonds. The summed E-state index contributed by atoms with van der Waals surface area (Å²) < 4.78 is 0. The Labute approximate surface area is 179 Å². The van der Waals surface area contributed by atoms with E-state index in [1.807, 2.05) is 0 Å². The number of nitrogens with one attached hydrogen (secondary N) is 1. The van der Waals surface area contributed by atoms with Gasteiger partial charge in [0.15, 0.2) is 0 Å². The Bertz CT molecular complexity index is 1000. The minimum atomic E-state index is -1.44. The molecule has 1 aliphatic rings. The molecule has 10 nitrogen and oxygen atoms in total. The number of amides is 4. The summed E-state index contributed by atoms with van der Waals surface area (Å²) in [5.41, 5.74) is 0.881. The standard InChI is InChI=1S/C21H25N5O5/c1-3-24(4-2)12-11-22-20(29)17-7-5-14-13-15(6-8-16(14)23-17)25(21(30)31)26-18(27)9-10-19(26)28/h5-8,13H,3-4,9-12H2,1-2H3,(H,22,29)(H,30,31). The van der Waals surface area contributed by atoms with Gasteiger partial charge in [-0.05, 0) is 37.4 Å². The van der Waals surface area contributed by atoms with Gasteiger partial charge in [-0.25, -0.2) is 9.78 Å². The summed E-state index contributed by atoms with van der Waals surface area (Å²) in [6.07, 6.45) is -1.49. The molecule has 0 aliphatic carbocycles. The zero-order valence-electron chi connectivity index (χ0n) is 17.5. The number of likely N-dealkylation sites (N-methyl/N-ethyl adjacent to an activating group) is 1. The third kappa shape index (κ3) is 4.80. The Morgan fingerprint density at radius 2 is 1.77 bits per heavy atom. The number of pyridine rings is 1. The van der Waals surface area contributed by atoms with Crippen molar-refractivity contribution in [3.8, 4) is 0 Å². The second-order valence-corrected chi connectivity index (χ2v) is 7.05. The first-order valence-electron chi connectivity index (χ1n) is 10.2. The van der Waals surface area contributed by atoms with Gasteiger partial charge in [-0.1, -0.05) is 19.9 Å². The molecule has 3 rings (SSSR count). The summed E-state index contributed by atoms with van der Waals surface area (Å²) in [6.45, 7) is 7.19. The number of rotatable bonds is 8. The molecule has 2 N–H and O–H groups in total. The molecule has 164 valence electrons. The Hall–Kier alpha value is -3.53. The lowest BCUT2D eigenvalue weighted by atomic mass is 10.1. The van der Waals surface area contributed by atoms with Gasteiger partial charge >= 0.3 is 6.09 Å². The van der Waals surface area contributed by atoms with E-state index in [1.54, 1.807) is 18.2 Å². The molecular formula is C21H25N5O5. The summed E-state index contributed by atoms with van der Waals surface area (Å²) in [4.78, 5) is 54.7. The number of fused-ring (bicyclic) bond motifs is 1. The number of aromatic nitrogens is 1. The first-order valence-corrected chi connectivity index (χ1v) is 10.2. The van der Waals surface area contributed by atoms with E-state index in [0.29, 0.717) is 27.5 Å². The zero-order chi connectivity index (χ0) is 22.5. The molecule has 0 spiro atoms. The number of anilines is 1. The highest BCUT2D eigenvalue weighted by atomic mass is 16.4. The molecule has 10 heteroatoms. The monoisotopic (exact) mass is 427 g/mol. The molecule has 0 radical (unpaired) electrons. The number of nitrogens with zero attached hydrogens (tertiary/aromatic N) is 4. The predicted octanol–water partition coefficient (Wildman–Crippen LogP) is 1.85. The lowest BCUT2D eigenvalue weighted by Gasteiger charge is -2.27. The van der Waals surface area contributed by atoms with Crippen molar-refractivity contribution in [3.63, 3.8) is 0 Å². The Balaban J connectivity index is 1.79. The second kappa shape index (κ2) is 9.52. The SMILES string of the molecule is CCN(CC)CCNC(=O)c1ccc2cc(N(C(=O)O)N3C(=O)CCC3=O)ccc2n1. The van der Waals surface area contributed by atoms with Crippen LogP contribution in [0.5, 0.6) is 0 Å². The molecule has 0 saturated carbocycles. The summed E-state index contributed by atoms with van der Waals surface area (Å²) in [5.74, 6) is -1.43. The molecule has 1 fully saturated rings. The largest absolute Gasteiger partial charge is 0.463 e. The fourth-order valence-electron chi connectivity index (χ4n) is 3.43. The molecule has 2 heterocycles. The lowest BCUT2D eigenvalue weighted by molar-refractivity contribution is -0.138. The van der Waals surface area contributed by atoms with Crippen LogP contribution in [0.3, 0.4) is 0 Å². The number of carbonyl (C=O) groups excluding carboxylic acids is 3. The van der Waals surface area contributed by atoms with Gasteiger partial charge in [0, 0.05) is 31.3 Å². The fraction of sp³-hybridized carbons (Fsp3) is 0.381. The predicted molar refractivity (Wildman–Crippen MR) is 113 cm³/mol. The lowest BCUT2D eigenvalue weighted by Crippen LogP contribution is -2.49. The van der Waals surface area contributed by atoms with E-state index in [2.05, 4.69) is 29.0 Å². The van der Waals surface area contributed by atoms with E-state index < -0.39 is 17.9 Å². The first-order chi connectivity index (χ1) is 14.8. The van der Waals surface area contributed by atoms with Crippen molar-refractivity contribution in [1.29, 1.82) is 0 Å². The maximum atomic E-state index is 12.4. The summed E-state index contributed by atoms with van der Waals surface area (Å²) in [5, 5.41) is 14.3. The maximum Gasteiger partial charge on any atom is 0.431 e. The van der Waals surface area contributed by atoms with E-state index in [1.165, 1.54) is 12.1 Å². The van der Waals surface area contributed by atoms with Crippen LogP contribution < -0.4 is 10.3 Å². The summed E-state index contributed by atoms with van der Waals surface area (Å²) >= 11 is 0. The molecule has 1 aromatic carbocycles. The molecule has 2 aromatic rings. The highest BCUT2D eigenvalue weighted by molar-refractivity contribution is 6.08. The smallest absolute Gasteiger partial charge is 0.431 e. The summed E-state index contributed by atoms with van der Waals surface area (Å²) in [7, 11) is 0. The van der Waals surface area contributed by atoms with Crippen LogP contribution in [0.2, 0.25) is 0 Å². The number of benzene rings is 1. The average molecular weight is 427 g/mol. The molecule has 31 heavy (non-hydrogen) atoms. The van der Waals surface area contributed by atoms with Crippen LogP contribution in [0, 0.1) is 0 Å². The van der Waals surface area contributed by atoms with Gasteiger partial charge in [0.1, 0.15) is 5.69 Å². The van der Waals surface area contributed by atoms with Gasteiger partial charge in [0.2, 0.25) is 11.8 Å². The minimum Gasteiger partial charge on any atom is -0.463 e. The van der Waals surface area contributed by atoms with Gasteiger partial charge in [-0.15, -0.1) is 0 Å². The molecule has 0 bridgehead atoms. The third-order valence-electron chi connectivity index (χ3n) is 5.16. The minimum absolute atomic E-state index is 0.0233. The molecule has 1 saturated heterocycles. The Kier molecular flexibility index (Phi) is 6.81. The van der Waals surface area contributed by atoms with Crippen LogP contribution in [-0.2, 0) is 9.59 Å². The summed E-state index contributed by atoms with van der Waals surface area (Å²) in [6, 6.07) is 7.72. The van der Waals surface area contributed by atoms with Crippen molar-refractivity contribution in [2.24, 2.45) is 0 Å². The van der Waals surface area contributed by atoms with Crippen molar-refractivity contribution < 1.29 is 24.3 Å². The molecule has 1 aliphatic heterocycles. The van der Waals surface area contributed by atoms with Crippen LogP contribution in [0.25, 0.3) is 10.9 Å². The van der Waals surface area contributed by atoms with Crippen LogP contribution in [0.4, 0.5) is 10.5 Å². The molecular weight excluding hydrogens is 402 g/mol. The van der Waals surface area contributed by atoms with Crippen molar-refractivity contribution in [2.75, 3.05) is 31.2 Å². The quantitative estimate of drug-likeness (QED) is 0.616. The van der Waals surface area contributed by atoms with E-state index >= 15 is 0 Å². The van der Waals surface area contributed by atoms with Gasteiger partial charge < -0.3 is 15.3 Å². The van der Waals surface area contributed by atoms with E-state index in [9.17, 15) is 24.3 Å². The topological polar surface area (TPSA) is 123 Å². The van der Waals surface area contributed by atoms with Gasteiger partial charge in [0.25, 0.3) is 5.91 Å². The van der Waals surface area contributed by atoms with E-state index in [4.69, 9.17) is 0 Å². The van der Waals surface area contributed by atoms with Crippen molar-refractivity contribution in [3.05, 3.63) is 36.0 Å². The Morgan fingerprint density at radius 3 is 2.39 bits per heavy atom. The first kappa shape index (κ1) is 22.2. The van der Waals surface area contributed by atoms with Crippen molar-refractivity contribution >= 4 is 40.4 Å². The zero-order valence-corrected chi connectivity index (χ0v) is 17.5. The normalized spacial score (nSPS) is 13.8. The highest BCUT2D eigenvalue weighted by Crippen LogP contribution is 2.26. The fourth-order valence-corrected chi connectivity index (χ4v) is 3.43. The molecule has 0 atom stereocenters. The second-order valence-electron chi connectivity index (χ2n) is 7.05. The number of imide groups is 1. The van der Waals surface area contributed by atoms with Crippen molar-refractivity contribution in [1.82, 2.24) is 20.2 Å². The number of carbonyl (C=O) groups is 4. The number of hydrogen-bond donors (Lipinski definition) is 2. The number of hydrazine groups is 1. The third-order valence-corrected chi connectivity index (χ3v) is 5.16. The van der Waals surface area contributed by atoms with Crippen LogP contribution >= 0.6 is 0 Å². The van der Waals surface area contributed by atoms with E-state index in [0.717, 1.165) is 19.6 Å². The Morgan fingerprint density at radius 1 is 1.10 bits per heavy atom. The highest BCUT2D eigenvalue weighted by Gasteiger charge is 2.37. The van der Waals surface area contributed by atoms with Gasteiger partial charge in [-0.3, -0.25) is 14.4 Å². The van der Waals surface area contributed by atoms with Crippen LogP contribution in [0.1, 0.15) is 37.2 Å². The van der Waals surface area contributed by atoms with Crippen molar-refractivity contribution in [2.45, 2.75) is 26.7 Å². The van der Waals surface area contributed by atoms with Gasteiger partial charge in [-0.2, -0.15) is 10.0 Å².